The Morgan fingerprint density at radius 1 is 1.00 bits per heavy atom. The number of fused-ring (bicyclic) bond motifs is 1. The molecule has 0 saturated heterocycles. The van der Waals surface area contributed by atoms with Crippen molar-refractivity contribution in [2.75, 3.05) is 5.32 Å². The fraction of sp³-hybridized carbons (Fsp3) is 0.0455. The number of hydrogen-bond acceptors (Lipinski definition) is 3. The van der Waals surface area contributed by atoms with Gasteiger partial charge in [0.25, 0.3) is 11.5 Å². The van der Waals surface area contributed by atoms with Crippen molar-refractivity contribution in [3.63, 3.8) is 0 Å². The third-order valence-electron chi connectivity index (χ3n) is 4.44. The van der Waals surface area contributed by atoms with Crippen molar-refractivity contribution < 1.29 is 4.79 Å². The van der Waals surface area contributed by atoms with Gasteiger partial charge in [-0.15, -0.1) is 0 Å². The Labute approximate surface area is 180 Å². The Morgan fingerprint density at radius 2 is 1.69 bits per heavy atom. The summed E-state index contributed by atoms with van der Waals surface area (Å²) in [5.74, 6) is -0.438. The lowest BCUT2D eigenvalue weighted by atomic mass is 10.1. The van der Waals surface area contributed by atoms with E-state index >= 15 is 0 Å². The second-order valence-electron chi connectivity index (χ2n) is 6.42. The molecular weight excluding hydrogens is 454 g/mol. The van der Waals surface area contributed by atoms with Gasteiger partial charge < -0.3 is 5.32 Å². The standard InChI is InChI=1S/C22H15BrClN3O2/c23-15-10-11-19(18(24)12-15)25-21(28)20-16-8-4-5-9-17(16)22(29)27(26-20)13-14-6-2-1-3-7-14/h1-12H,13H2,(H,25,28). The van der Waals surface area contributed by atoms with Crippen LogP contribution in [0.5, 0.6) is 0 Å². The molecule has 0 radical (unpaired) electrons. The molecule has 0 bridgehead atoms. The molecule has 29 heavy (non-hydrogen) atoms. The number of hydrogen-bond donors (Lipinski definition) is 1. The summed E-state index contributed by atoms with van der Waals surface area (Å²) in [6, 6.07) is 21.6. The van der Waals surface area contributed by atoms with Crippen molar-refractivity contribution in [2.45, 2.75) is 6.54 Å². The smallest absolute Gasteiger partial charge is 0.276 e. The van der Waals surface area contributed by atoms with Crippen LogP contribution in [0, 0.1) is 0 Å². The molecule has 1 N–H and O–H groups in total. The summed E-state index contributed by atoms with van der Waals surface area (Å²) in [5, 5.41) is 8.49. The predicted molar refractivity (Wildman–Crippen MR) is 119 cm³/mol. The van der Waals surface area contributed by atoms with E-state index in [-0.39, 0.29) is 17.8 Å². The Kier molecular flexibility index (Phi) is 5.47. The lowest BCUT2D eigenvalue weighted by molar-refractivity contribution is 0.102. The molecule has 3 aromatic carbocycles. The number of amides is 1. The molecule has 4 rings (SSSR count). The van der Waals surface area contributed by atoms with Crippen molar-refractivity contribution in [1.82, 2.24) is 9.78 Å². The summed E-state index contributed by atoms with van der Waals surface area (Å²) in [4.78, 5) is 25.9. The van der Waals surface area contributed by atoms with E-state index in [0.29, 0.717) is 21.5 Å². The number of benzene rings is 3. The van der Waals surface area contributed by atoms with Crippen molar-refractivity contribution >= 4 is 49.9 Å². The third kappa shape index (κ3) is 4.09. The van der Waals surface area contributed by atoms with Gasteiger partial charge in [0.15, 0.2) is 5.69 Å². The normalized spacial score (nSPS) is 10.8. The zero-order chi connectivity index (χ0) is 20.4. The van der Waals surface area contributed by atoms with E-state index in [1.165, 1.54) is 4.68 Å². The maximum atomic E-state index is 13.0. The van der Waals surface area contributed by atoms with Crippen molar-refractivity contribution in [3.05, 3.63) is 104 Å². The first kappa shape index (κ1) is 19.4. The highest BCUT2D eigenvalue weighted by Gasteiger charge is 2.18. The quantitative estimate of drug-likeness (QED) is 0.452. The number of rotatable bonds is 4. The SMILES string of the molecule is O=C(Nc1ccc(Br)cc1Cl)c1nn(Cc2ccccc2)c(=O)c2ccccc12. The van der Waals surface area contributed by atoms with Gasteiger partial charge in [-0.1, -0.05) is 76.1 Å². The molecule has 0 saturated carbocycles. The lowest BCUT2D eigenvalue weighted by Crippen LogP contribution is -2.28. The van der Waals surface area contributed by atoms with Crippen LogP contribution in [0.2, 0.25) is 5.02 Å². The van der Waals surface area contributed by atoms with Crippen LogP contribution in [0.4, 0.5) is 5.69 Å². The van der Waals surface area contributed by atoms with Crippen molar-refractivity contribution in [3.8, 4) is 0 Å². The maximum Gasteiger partial charge on any atom is 0.276 e. The molecule has 0 aliphatic heterocycles. The number of nitrogens with zero attached hydrogens (tertiary/aromatic N) is 2. The molecule has 144 valence electrons. The average molecular weight is 469 g/mol. The van der Waals surface area contributed by atoms with Gasteiger partial charge in [-0.3, -0.25) is 9.59 Å². The molecule has 0 aliphatic carbocycles. The second kappa shape index (κ2) is 8.19. The van der Waals surface area contributed by atoms with Crippen LogP contribution < -0.4 is 10.9 Å². The van der Waals surface area contributed by atoms with Crippen LogP contribution in [-0.2, 0) is 6.54 Å². The lowest BCUT2D eigenvalue weighted by Gasteiger charge is -2.12. The number of nitrogens with one attached hydrogen (secondary N) is 1. The average Bonchev–Trinajstić information content (AvgIpc) is 2.73. The van der Waals surface area contributed by atoms with E-state index in [0.717, 1.165) is 10.0 Å². The minimum absolute atomic E-state index is 0.162. The highest BCUT2D eigenvalue weighted by molar-refractivity contribution is 9.10. The maximum absolute atomic E-state index is 13.0. The fourth-order valence-corrected chi connectivity index (χ4v) is 3.76. The highest BCUT2D eigenvalue weighted by atomic mass is 79.9. The van der Waals surface area contributed by atoms with Gasteiger partial charge in [0, 0.05) is 9.86 Å². The van der Waals surface area contributed by atoms with Crippen molar-refractivity contribution in [1.29, 1.82) is 0 Å². The molecule has 0 atom stereocenters. The fourth-order valence-electron chi connectivity index (χ4n) is 3.04. The van der Waals surface area contributed by atoms with E-state index in [1.807, 2.05) is 30.3 Å². The molecule has 0 fully saturated rings. The zero-order valence-electron chi connectivity index (χ0n) is 15.1. The monoisotopic (exact) mass is 467 g/mol. The molecule has 4 aromatic rings. The molecule has 7 heteroatoms. The molecule has 5 nitrogen and oxygen atoms in total. The van der Waals surface area contributed by atoms with Gasteiger partial charge in [-0.2, -0.15) is 5.10 Å². The van der Waals surface area contributed by atoms with E-state index < -0.39 is 5.91 Å². The molecule has 1 heterocycles. The first-order valence-corrected chi connectivity index (χ1v) is 10.0. The number of carbonyl (C=O) groups excluding carboxylic acids is 1. The molecule has 1 amide bonds. The van der Waals surface area contributed by atoms with Crippen LogP contribution in [-0.4, -0.2) is 15.7 Å². The van der Waals surface area contributed by atoms with Crippen LogP contribution >= 0.6 is 27.5 Å². The Morgan fingerprint density at radius 3 is 2.41 bits per heavy atom. The summed E-state index contributed by atoms with van der Waals surface area (Å²) < 4.78 is 2.12. The summed E-state index contributed by atoms with van der Waals surface area (Å²) in [5.41, 5.74) is 1.30. The molecule has 0 unspecified atom stereocenters. The highest BCUT2D eigenvalue weighted by Crippen LogP contribution is 2.26. The molecule has 0 aliphatic rings. The first-order valence-electron chi connectivity index (χ1n) is 8.83. The van der Waals surface area contributed by atoms with E-state index in [1.54, 1.807) is 42.5 Å². The Hall–Kier alpha value is -2.96. The Balaban J connectivity index is 1.79. The van der Waals surface area contributed by atoms with Gasteiger partial charge in [-0.25, -0.2) is 4.68 Å². The van der Waals surface area contributed by atoms with E-state index in [9.17, 15) is 9.59 Å². The number of anilines is 1. The van der Waals surface area contributed by atoms with Crippen LogP contribution in [0.1, 0.15) is 16.1 Å². The summed E-state index contributed by atoms with van der Waals surface area (Å²) in [6.07, 6.45) is 0. The van der Waals surface area contributed by atoms with Gasteiger partial charge in [0.1, 0.15) is 0 Å². The topological polar surface area (TPSA) is 64.0 Å². The zero-order valence-corrected chi connectivity index (χ0v) is 17.4. The minimum atomic E-state index is -0.438. The van der Waals surface area contributed by atoms with E-state index in [4.69, 9.17) is 11.6 Å². The van der Waals surface area contributed by atoms with Crippen molar-refractivity contribution in [2.24, 2.45) is 0 Å². The van der Waals surface area contributed by atoms with Gasteiger partial charge >= 0.3 is 0 Å². The molecular formula is C22H15BrClN3O2. The van der Waals surface area contributed by atoms with Gasteiger partial charge in [0.2, 0.25) is 0 Å². The summed E-state index contributed by atoms with van der Waals surface area (Å²) in [6.45, 7) is 0.268. The summed E-state index contributed by atoms with van der Waals surface area (Å²) in [7, 11) is 0. The number of halogens is 2. The predicted octanol–water partition coefficient (Wildman–Crippen LogP) is 5.11. The minimum Gasteiger partial charge on any atom is -0.319 e. The summed E-state index contributed by atoms with van der Waals surface area (Å²) >= 11 is 9.56. The molecule has 0 spiro atoms. The number of aromatic nitrogens is 2. The van der Waals surface area contributed by atoms with Gasteiger partial charge in [0.05, 0.1) is 22.6 Å². The largest absolute Gasteiger partial charge is 0.319 e. The third-order valence-corrected chi connectivity index (χ3v) is 5.24. The van der Waals surface area contributed by atoms with Gasteiger partial charge in [-0.05, 0) is 29.8 Å². The Bertz CT molecular complexity index is 1270. The second-order valence-corrected chi connectivity index (χ2v) is 7.74. The first-order chi connectivity index (χ1) is 14.0. The van der Waals surface area contributed by atoms with E-state index in [2.05, 4.69) is 26.3 Å². The van der Waals surface area contributed by atoms with Crippen LogP contribution in [0.25, 0.3) is 10.8 Å². The molecule has 1 aromatic heterocycles. The number of carbonyl (C=O) groups is 1. The van der Waals surface area contributed by atoms with Crippen LogP contribution in [0.3, 0.4) is 0 Å². The van der Waals surface area contributed by atoms with Crippen LogP contribution in [0.15, 0.2) is 82.1 Å².